The molecule has 0 atom stereocenters. The van der Waals surface area contributed by atoms with Crippen LogP contribution in [-0.2, 0) is 16.0 Å². The quantitative estimate of drug-likeness (QED) is 0.383. The number of nitrogens with one attached hydrogen (secondary N) is 3. The van der Waals surface area contributed by atoms with Gasteiger partial charge in [0.25, 0.3) is 0 Å². The number of carbonyl (C=O) groups is 1. The van der Waals surface area contributed by atoms with Crippen molar-refractivity contribution in [2.24, 2.45) is 4.99 Å². The Morgan fingerprint density at radius 3 is 2.88 bits per heavy atom. The van der Waals surface area contributed by atoms with Crippen molar-refractivity contribution in [3.63, 3.8) is 0 Å². The Kier molecular flexibility index (Phi) is 7.44. The van der Waals surface area contributed by atoms with Gasteiger partial charge in [-0.25, -0.2) is 4.39 Å². The molecular formula is C19H27FN4O2. The molecule has 0 unspecified atom stereocenters. The average molecular weight is 362 g/mol. The van der Waals surface area contributed by atoms with Gasteiger partial charge in [0.1, 0.15) is 5.82 Å². The Morgan fingerprint density at radius 2 is 2.15 bits per heavy atom. The first kappa shape index (κ1) is 19.8. The number of hydrogen-bond donors (Lipinski definition) is 3. The highest BCUT2D eigenvalue weighted by molar-refractivity contribution is 5.83. The Labute approximate surface area is 153 Å². The predicted octanol–water partition coefficient (Wildman–Crippen LogP) is 2.75. The van der Waals surface area contributed by atoms with E-state index in [1.165, 1.54) is 12.1 Å². The lowest BCUT2D eigenvalue weighted by Crippen LogP contribution is -2.38. The second-order valence-electron chi connectivity index (χ2n) is 6.23. The van der Waals surface area contributed by atoms with Gasteiger partial charge in [0.2, 0.25) is 0 Å². The summed E-state index contributed by atoms with van der Waals surface area (Å²) in [7, 11) is 0. The summed E-state index contributed by atoms with van der Waals surface area (Å²) in [6, 6.07) is 4.75. The fraction of sp³-hybridized carbons (Fsp3) is 0.474. The number of hydrogen-bond acceptors (Lipinski definition) is 3. The number of esters is 1. The van der Waals surface area contributed by atoms with E-state index in [-0.39, 0.29) is 24.3 Å². The standard InChI is InChI=1S/C19H27FN4O2/c1-4-21-19(23-10-8-18(25)26-13(2)3)22-9-7-14-12-24-17-11-15(20)5-6-16(14)17/h5-6,11-13,24H,4,7-10H2,1-3H3,(H2,21,22,23). The van der Waals surface area contributed by atoms with Crippen LogP contribution >= 0.6 is 0 Å². The molecule has 3 N–H and O–H groups in total. The van der Waals surface area contributed by atoms with E-state index in [9.17, 15) is 9.18 Å². The largest absolute Gasteiger partial charge is 0.463 e. The van der Waals surface area contributed by atoms with E-state index < -0.39 is 0 Å². The molecule has 0 aliphatic carbocycles. The summed E-state index contributed by atoms with van der Waals surface area (Å²) in [4.78, 5) is 19.0. The molecule has 1 aromatic heterocycles. The summed E-state index contributed by atoms with van der Waals surface area (Å²) >= 11 is 0. The molecule has 0 fully saturated rings. The molecule has 1 heterocycles. The number of halogens is 1. The minimum absolute atomic E-state index is 0.109. The molecule has 7 heteroatoms. The second kappa shape index (κ2) is 9.79. The summed E-state index contributed by atoms with van der Waals surface area (Å²) in [6.45, 7) is 7.41. The fourth-order valence-corrected chi connectivity index (χ4v) is 2.60. The van der Waals surface area contributed by atoms with Crippen molar-refractivity contribution < 1.29 is 13.9 Å². The third kappa shape index (κ3) is 6.06. The van der Waals surface area contributed by atoms with Gasteiger partial charge in [-0.15, -0.1) is 0 Å². The van der Waals surface area contributed by atoms with Crippen molar-refractivity contribution in [2.45, 2.75) is 39.7 Å². The van der Waals surface area contributed by atoms with Crippen LogP contribution in [-0.4, -0.2) is 42.7 Å². The van der Waals surface area contributed by atoms with Crippen LogP contribution in [0.4, 0.5) is 4.39 Å². The molecule has 142 valence electrons. The van der Waals surface area contributed by atoms with Crippen LogP contribution in [0.2, 0.25) is 0 Å². The van der Waals surface area contributed by atoms with Crippen molar-refractivity contribution in [3.05, 3.63) is 35.8 Å². The molecule has 0 aliphatic heterocycles. The van der Waals surface area contributed by atoms with Gasteiger partial charge < -0.3 is 20.4 Å². The third-order valence-corrected chi connectivity index (χ3v) is 3.71. The number of ether oxygens (including phenoxy) is 1. The molecule has 0 bridgehead atoms. The van der Waals surface area contributed by atoms with Crippen LogP contribution in [0, 0.1) is 5.82 Å². The molecule has 0 saturated heterocycles. The minimum Gasteiger partial charge on any atom is -0.463 e. The molecule has 2 aromatic rings. The van der Waals surface area contributed by atoms with E-state index in [1.807, 2.05) is 27.0 Å². The molecular weight excluding hydrogens is 335 g/mol. The lowest BCUT2D eigenvalue weighted by Gasteiger charge is -2.11. The zero-order valence-corrected chi connectivity index (χ0v) is 15.6. The van der Waals surface area contributed by atoms with Crippen molar-refractivity contribution in [2.75, 3.05) is 19.6 Å². The number of nitrogens with zero attached hydrogens (tertiary/aromatic N) is 1. The van der Waals surface area contributed by atoms with E-state index in [4.69, 9.17) is 4.74 Å². The van der Waals surface area contributed by atoms with E-state index in [0.717, 1.165) is 29.4 Å². The normalized spacial score (nSPS) is 11.8. The van der Waals surface area contributed by atoms with E-state index in [0.29, 0.717) is 19.0 Å². The van der Waals surface area contributed by atoms with Gasteiger partial charge in [-0.3, -0.25) is 9.79 Å². The topological polar surface area (TPSA) is 78.5 Å². The Bertz CT molecular complexity index is 755. The first-order valence-corrected chi connectivity index (χ1v) is 8.96. The van der Waals surface area contributed by atoms with E-state index in [2.05, 4.69) is 20.6 Å². The van der Waals surface area contributed by atoms with Gasteiger partial charge in [0.15, 0.2) is 5.96 Å². The number of rotatable bonds is 8. The lowest BCUT2D eigenvalue weighted by atomic mass is 10.1. The molecule has 0 saturated carbocycles. The van der Waals surface area contributed by atoms with Gasteiger partial charge in [-0.2, -0.15) is 0 Å². The van der Waals surface area contributed by atoms with Crippen molar-refractivity contribution in [3.8, 4) is 0 Å². The maximum atomic E-state index is 13.2. The highest BCUT2D eigenvalue weighted by Gasteiger charge is 2.07. The van der Waals surface area contributed by atoms with E-state index in [1.54, 1.807) is 6.07 Å². The molecule has 0 spiro atoms. The van der Waals surface area contributed by atoms with Gasteiger partial charge in [-0.05, 0) is 51.0 Å². The SMILES string of the molecule is CCNC(=NCCC(=O)OC(C)C)NCCc1c[nH]c2cc(F)ccc12. The molecule has 6 nitrogen and oxygen atoms in total. The van der Waals surface area contributed by atoms with Crippen LogP contribution in [0.3, 0.4) is 0 Å². The second-order valence-corrected chi connectivity index (χ2v) is 6.23. The number of aliphatic imine (C=N–C) groups is 1. The predicted molar refractivity (Wildman–Crippen MR) is 102 cm³/mol. The van der Waals surface area contributed by atoms with Crippen molar-refractivity contribution in [1.29, 1.82) is 0 Å². The molecule has 26 heavy (non-hydrogen) atoms. The van der Waals surface area contributed by atoms with Crippen LogP contribution in [0.1, 0.15) is 32.8 Å². The van der Waals surface area contributed by atoms with Gasteiger partial charge >= 0.3 is 5.97 Å². The van der Waals surface area contributed by atoms with Crippen molar-refractivity contribution >= 4 is 22.8 Å². The van der Waals surface area contributed by atoms with Crippen LogP contribution < -0.4 is 10.6 Å². The highest BCUT2D eigenvalue weighted by Crippen LogP contribution is 2.19. The van der Waals surface area contributed by atoms with Gasteiger partial charge in [0.05, 0.1) is 19.1 Å². The Hall–Kier alpha value is -2.57. The molecule has 0 aliphatic rings. The maximum Gasteiger partial charge on any atom is 0.307 e. The summed E-state index contributed by atoms with van der Waals surface area (Å²) in [5, 5.41) is 7.42. The average Bonchev–Trinajstić information content (AvgIpc) is 2.96. The smallest absolute Gasteiger partial charge is 0.307 e. The van der Waals surface area contributed by atoms with Gasteiger partial charge in [0, 0.05) is 30.2 Å². The monoisotopic (exact) mass is 362 g/mol. The Balaban J connectivity index is 1.85. The molecule has 0 amide bonds. The summed E-state index contributed by atoms with van der Waals surface area (Å²) in [5.74, 6) is 0.169. The number of fused-ring (bicyclic) bond motifs is 1. The number of aromatic amines is 1. The van der Waals surface area contributed by atoms with Crippen LogP contribution in [0.25, 0.3) is 10.9 Å². The minimum atomic E-state index is -0.249. The van der Waals surface area contributed by atoms with Gasteiger partial charge in [-0.1, -0.05) is 0 Å². The number of benzene rings is 1. The summed E-state index contributed by atoms with van der Waals surface area (Å²) < 4.78 is 18.3. The first-order valence-electron chi connectivity index (χ1n) is 8.96. The summed E-state index contributed by atoms with van der Waals surface area (Å²) in [5.41, 5.74) is 1.91. The highest BCUT2D eigenvalue weighted by atomic mass is 19.1. The number of guanidine groups is 1. The van der Waals surface area contributed by atoms with Crippen LogP contribution in [0.15, 0.2) is 29.4 Å². The first-order chi connectivity index (χ1) is 12.5. The third-order valence-electron chi connectivity index (χ3n) is 3.71. The maximum absolute atomic E-state index is 13.2. The van der Waals surface area contributed by atoms with E-state index >= 15 is 0 Å². The molecule has 0 radical (unpaired) electrons. The number of carbonyl (C=O) groups excluding carboxylic acids is 1. The number of aromatic nitrogens is 1. The lowest BCUT2D eigenvalue weighted by molar-refractivity contribution is -0.147. The van der Waals surface area contributed by atoms with Crippen LogP contribution in [0.5, 0.6) is 0 Å². The summed E-state index contributed by atoms with van der Waals surface area (Å²) in [6.07, 6.45) is 2.81. The zero-order valence-electron chi connectivity index (χ0n) is 15.6. The van der Waals surface area contributed by atoms with Crippen molar-refractivity contribution in [1.82, 2.24) is 15.6 Å². The number of H-pyrrole nitrogens is 1. The Morgan fingerprint density at radius 1 is 1.35 bits per heavy atom. The fourth-order valence-electron chi connectivity index (χ4n) is 2.60. The molecule has 2 rings (SSSR count). The zero-order chi connectivity index (χ0) is 18.9. The molecule has 1 aromatic carbocycles.